The summed E-state index contributed by atoms with van der Waals surface area (Å²) in [6.45, 7) is 5.50. The van der Waals surface area contributed by atoms with Crippen LogP contribution in [0.5, 0.6) is 0 Å². The van der Waals surface area contributed by atoms with Crippen molar-refractivity contribution in [2.45, 2.75) is 13.8 Å². The molecule has 7 heteroatoms. The Hall–Kier alpha value is -0.880. The Kier molecular flexibility index (Phi) is 5.14. The number of hydrogen-bond acceptors (Lipinski definition) is 5. The molecule has 0 aliphatic rings. The molecule has 0 bridgehead atoms. The fourth-order valence-corrected chi connectivity index (χ4v) is 2.00. The van der Waals surface area contributed by atoms with Crippen molar-refractivity contribution < 1.29 is 9.53 Å². The van der Waals surface area contributed by atoms with Crippen molar-refractivity contribution in [3.05, 3.63) is 15.5 Å². The zero-order valence-electron chi connectivity index (χ0n) is 9.83. The first-order chi connectivity index (χ1) is 8.04. The van der Waals surface area contributed by atoms with Gasteiger partial charge in [0.25, 0.3) is 0 Å². The normalized spacial score (nSPS) is 10.2. The lowest BCUT2D eigenvalue weighted by molar-refractivity contribution is 0.0592. The molecule has 0 unspecified atom stereocenters. The summed E-state index contributed by atoms with van der Waals surface area (Å²) in [6.07, 6.45) is 0. The third-order valence-electron chi connectivity index (χ3n) is 2.24. The first kappa shape index (κ1) is 14.2. The second-order valence-electron chi connectivity index (χ2n) is 3.14. The lowest BCUT2D eigenvalue weighted by Crippen LogP contribution is -2.24. The van der Waals surface area contributed by atoms with Gasteiger partial charge in [0, 0.05) is 13.1 Å². The van der Waals surface area contributed by atoms with E-state index in [1.807, 2.05) is 18.7 Å². The summed E-state index contributed by atoms with van der Waals surface area (Å²) in [5, 5.41) is 0.192. The third kappa shape index (κ3) is 3.07. The molecule has 0 spiro atoms. The molecule has 0 fully saturated rings. The maximum absolute atomic E-state index is 11.4. The average Bonchev–Trinajstić information content (AvgIpc) is 2.33. The van der Waals surface area contributed by atoms with Crippen molar-refractivity contribution in [3.63, 3.8) is 0 Å². The van der Waals surface area contributed by atoms with Crippen LogP contribution < -0.4 is 4.90 Å². The molecule has 0 saturated heterocycles. The number of ether oxygens (including phenoxy) is 1. The summed E-state index contributed by atoms with van der Waals surface area (Å²) >= 11 is 9.20. The van der Waals surface area contributed by atoms with Gasteiger partial charge < -0.3 is 9.64 Å². The zero-order valence-corrected chi connectivity index (χ0v) is 12.2. The van der Waals surface area contributed by atoms with Gasteiger partial charge in [-0.25, -0.2) is 14.8 Å². The van der Waals surface area contributed by atoms with Crippen LogP contribution in [0, 0.1) is 0 Å². The van der Waals surface area contributed by atoms with E-state index in [0.29, 0.717) is 10.4 Å². The van der Waals surface area contributed by atoms with Crippen molar-refractivity contribution in [1.82, 2.24) is 9.97 Å². The number of rotatable bonds is 4. The standard InChI is InChI=1S/C10H13BrClN3O2/c1-4-15(5-2)9-8(12)13-6(7(11)14-9)10(16)17-3/h4-5H2,1-3H3. The number of halogens is 2. The molecule has 1 aromatic heterocycles. The second-order valence-corrected chi connectivity index (χ2v) is 4.25. The van der Waals surface area contributed by atoms with Crippen LogP contribution in [-0.4, -0.2) is 36.1 Å². The van der Waals surface area contributed by atoms with Gasteiger partial charge in [0.15, 0.2) is 16.7 Å². The SMILES string of the molecule is CCN(CC)c1nc(Br)c(C(=O)OC)nc1Cl. The minimum atomic E-state index is -0.572. The molecule has 1 heterocycles. The van der Waals surface area contributed by atoms with Crippen LogP contribution >= 0.6 is 27.5 Å². The zero-order chi connectivity index (χ0) is 13.0. The maximum Gasteiger partial charge on any atom is 0.359 e. The third-order valence-corrected chi connectivity index (χ3v) is 3.04. The van der Waals surface area contributed by atoms with E-state index < -0.39 is 5.97 Å². The molecular weight excluding hydrogens is 309 g/mol. The number of anilines is 1. The Labute approximate surface area is 113 Å². The molecule has 0 aromatic carbocycles. The summed E-state index contributed by atoms with van der Waals surface area (Å²) in [5.41, 5.74) is 0.0772. The summed E-state index contributed by atoms with van der Waals surface area (Å²) in [4.78, 5) is 21.6. The van der Waals surface area contributed by atoms with E-state index in [9.17, 15) is 4.79 Å². The van der Waals surface area contributed by atoms with Gasteiger partial charge in [-0.1, -0.05) is 11.6 Å². The van der Waals surface area contributed by atoms with E-state index in [1.165, 1.54) is 7.11 Å². The van der Waals surface area contributed by atoms with Crippen molar-refractivity contribution >= 4 is 39.3 Å². The van der Waals surface area contributed by atoms with Gasteiger partial charge in [0.2, 0.25) is 0 Å². The number of hydrogen-bond donors (Lipinski definition) is 0. The first-order valence-electron chi connectivity index (χ1n) is 5.11. The molecule has 1 rings (SSSR count). The quantitative estimate of drug-likeness (QED) is 0.797. The van der Waals surface area contributed by atoms with Gasteiger partial charge in [-0.3, -0.25) is 0 Å². The van der Waals surface area contributed by atoms with Gasteiger partial charge in [-0.15, -0.1) is 0 Å². The minimum absolute atomic E-state index is 0.0772. The highest BCUT2D eigenvalue weighted by molar-refractivity contribution is 9.10. The monoisotopic (exact) mass is 321 g/mol. The van der Waals surface area contributed by atoms with E-state index in [-0.39, 0.29) is 10.8 Å². The fourth-order valence-electron chi connectivity index (χ4n) is 1.34. The van der Waals surface area contributed by atoms with E-state index in [4.69, 9.17) is 11.6 Å². The molecule has 94 valence electrons. The fraction of sp³-hybridized carbons (Fsp3) is 0.500. The number of aromatic nitrogens is 2. The highest BCUT2D eigenvalue weighted by Crippen LogP contribution is 2.25. The van der Waals surface area contributed by atoms with Crippen LogP contribution in [0.1, 0.15) is 24.3 Å². The number of esters is 1. The van der Waals surface area contributed by atoms with Crippen LogP contribution in [-0.2, 0) is 4.74 Å². The van der Waals surface area contributed by atoms with Gasteiger partial charge in [-0.2, -0.15) is 0 Å². The summed E-state index contributed by atoms with van der Waals surface area (Å²) in [5.74, 6) is -0.0198. The van der Waals surface area contributed by atoms with Crippen LogP contribution in [0.2, 0.25) is 5.15 Å². The smallest absolute Gasteiger partial charge is 0.359 e. The Morgan fingerprint density at radius 3 is 2.47 bits per heavy atom. The van der Waals surface area contributed by atoms with Crippen LogP contribution in [0.3, 0.4) is 0 Å². The van der Waals surface area contributed by atoms with Crippen LogP contribution in [0.15, 0.2) is 4.60 Å². The van der Waals surface area contributed by atoms with Gasteiger partial charge in [-0.05, 0) is 29.8 Å². The van der Waals surface area contributed by atoms with Crippen molar-refractivity contribution in [2.75, 3.05) is 25.1 Å². The molecule has 0 aliphatic heterocycles. The first-order valence-corrected chi connectivity index (χ1v) is 6.28. The minimum Gasteiger partial charge on any atom is -0.464 e. The van der Waals surface area contributed by atoms with Crippen molar-refractivity contribution in [2.24, 2.45) is 0 Å². The second kappa shape index (κ2) is 6.16. The molecule has 5 nitrogen and oxygen atoms in total. The van der Waals surface area contributed by atoms with Gasteiger partial charge >= 0.3 is 5.97 Å². The molecule has 1 aromatic rings. The Morgan fingerprint density at radius 2 is 2.00 bits per heavy atom. The van der Waals surface area contributed by atoms with E-state index in [1.54, 1.807) is 0 Å². The largest absolute Gasteiger partial charge is 0.464 e. The molecule has 0 aliphatic carbocycles. The van der Waals surface area contributed by atoms with Gasteiger partial charge in [0.1, 0.15) is 4.60 Å². The molecule has 0 saturated carbocycles. The lowest BCUT2D eigenvalue weighted by Gasteiger charge is -2.20. The molecule has 17 heavy (non-hydrogen) atoms. The predicted octanol–water partition coefficient (Wildman–Crippen LogP) is 2.53. The molecule has 0 amide bonds. The summed E-state index contributed by atoms with van der Waals surface area (Å²) < 4.78 is 4.91. The maximum atomic E-state index is 11.4. The van der Waals surface area contributed by atoms with E-state index in [0.717, 1.165) is 13.1 Å². The molecule has 0 atom stereocenters. The Balaban J connectivity index is 3.22. The van der Waals surface area contributed by atoms with Crippen LogP contribution in [0.25, 0.3) is 0 Å². The number of carbonyl (C=O) groups excluding carboxylic acids is 1. The Bertz CT molecular complexity index is 424. The van der Waals surface area contributed by atoms with Crippen molar-refractivity contribution in [3.8, 4) is 0 Å². The topological polar surface area (TPSA) is 55.3 Å². The summed E-state index contributed by atoms with van der Waals surface area (Å²) in [7, 11) is 1.28. The average molecular weight is 323 g/mol. The molecular formula is C10H13BrClN3O2. The van der Waals surface area contributed by atoms with E-state index in [2.05, 4.69) is 30.6 Å². The van der Waals surface area contributed by atoms with Gasteiger partial charge in [0.05, 0.1) is 7.11 Å². The Morgan fingerprint density at radius 1 is 1.41 bits per heavy atom. The number of carbonyl (C=O) groups is 1. The van der Waals surface area contributed by atoms with E-state index >= 15 is 0 Å². The van der Waals surface area contributed by atoms with Crippen LogP contribution in [0.4, 0.5) is 5.82 Å². The predicted molar refractivity (Wildman–Crippen MR) is 69.6 cm³/mol. The summed E-state index contributed by atoms with van der Waals surface area (Å²) in [6, 6.07) is 0. The highest BCUT2D eigenvalue weighted by Gasteiger charge is 2.19. The lowest BCUT2D eigenvalue weighted by atomic mass is 10.4. The number of methoxy groups -OCH3 is 1. The number of nitrogens with zero attached hydrogens (tertiary/aromatic N) is 3. The molecule has 0 radical (unpaired) electrons. The molecule has 0 N–H and O–H groups in total. The van der Waals surface area contributed by atoms with Crippen molar-refractivity contribution in [1.29, 1.82) is 0 Å². The highest BCUT2D eigenvalue weighted by atomic mass is 79.9.